The summed E-state index contributed by atoms with van der Waals surface area (Å²) in [7, 11) is 0. The van der Waals surface area contributed by atoms with Gasteiger partial charge < -0.3 is 10.6 Å². The van der Waals surface area contributed by atoms with Crippen molar-refractivity contribution in [3.8, 4) is 12.1 Å². The second kappa shape index (κ2) is 11.5. The fraction of sp³-hybridized carbons (Fsp3) is 0. The van der Waals surface area contributed by atoms with Crippen molar-refractivity contribution in [2.75, 3.05) is 10.6 Å². The third kappa shape index (κ3) is 6.82. The molecule has 0 aliphatic heterocycles. The average molecular weight is 487 g/mol. The van der Waals surface area contributed by atoms with E-state index in [4.69, 9.17) is 23.2 Å². The summed E-state index contributed by atoms with van der Waals surface area (Å²) in [6.45, 7) is 0. The van der Waals surface area contributed by atoms with Crippen LogP contribution in [0.25, 0.3) is 12.2 Å². The van der Waals surface area contributed by atoms with Crippen molar-refractivity contribution in [3.63, 3.8) is 0 Å². The first-order chi connectivity index (χ1) is 16.4. The highest BCUT2D eigenvalue weighted by molar-refractivity contribution is 6.30. The summed E-state index contributed by atoms with van der Waals surface area (Å²) < 4.78 is 0. The van der Waals surface area contributed by atoms with Crippen LogP contribution in [0, 0.1) is 22.7 Å². The summed E-state index contributed by atoms with van der Waals surface area (Å²) in [5, 5.41) is 25.0. The lowest BCUT2D eigenvalue weighted by molar-refractivity contribution is -0.113. The maximum Gasteiger partial charge on any atom is 0.266 e. The maximum atomic E-state index is 12.5. The Balaban J connectivity index is 1.66. The number of carbonyl (C=O) groups is 2. The van der Waals surface area contributed by atoms with E-state index in [2.05, 4.69) is 10.6 Å². The third-order valence-corrected chi connectivity index (χ3v) is 5.00. The Morgan fingerprint density at radius 1 is 0.618 bits per heavy atom. The molecule has 8 heteroatoms. The van der Waals surface area contributed by atoms with Gasteiger partial charge in [-0.25, -0.2) is 0 Å². The summed E-state index contributed by atoms with van der Waals surface area (Å²) in [4.78, 5) is 24.9. The first kappa shape index (κ1) is 24.3. The summed E-state index contributed by atoms with van der Waals surface area (Å²) in [5.41, 5.74) is 2.02. The van der Waals surface area contributed by atoms with Crippen molar-refractivity contribution in [2.24, 2.45) is 0 Å². The van der Waals surface area contributed by atoms with E-state index in [0.29, 0.717) is 32.5 Å². The molecule has 0 heterocycles. The summed E-state index contributed by atoms with van der Waals surface area (Å²) in [6.07, 6.45) is 2.91. The predicted octanol–water partition coefficient (Wildman–Crippen LogP) is 6.08. The fourth-order valence-electron chi connectivity index (χ4n) is 2.78. The van der Waals surface area contributed by atoms with Crippen LogP contribution in [0.4, 0.5) is 11.4 Å². The Bertz CT molecular complexity index is 1240. The number of halogens is 2. The predicted molar refractivity (Wildman–Crippen MR) is 134 cm³/mol. The summed E-state index contributed by atoms with van der Waals surface area (Å²) >= 11 is 11.7. The number of nitrogens with zero attached hydrogens (tertiary/aromatic N) is 2. The van der Waals surface area contributed by atoms with Crippen LogP contribution in [0.3, 0.4) is 0 Å². The minimum absolute atomic E-state index is 0.0781. The van der Waals surface area contributed by atoms with Crippen LogP contribution in [0.2, 0.25) is 10.0 Å². The van der Waals surface area contributed by atoms with Gasteiger partial charge >= 0.3 is 0 Å². The molecule has 0 atom stereocenters. The molecule has 2 N–H and O–H groups in total. The molecule has 0 saturated heterocycles. The molecule has 6 nitrogen and oxygen atoms in total. The molecule has 0 bridgehead atoms. The van der Waals surface area contributed by atoms with Gasteiger partial charge in [0, 0.05) is 21.4 Å². The van der Waals surface area contributed by atoms with Crippen LogP contribution in [-0.2, 0) is 9.59 Å². The van der Waals surface area contributed by atoms with Crippen LogP contribution in [0.15, 0.2) is 83.9 Å². The lowest BCUT2D eigenvalue weighted by atomic mass is 10.1. The zero-order valence-corrected chi connectivity index (χ0v) is 19.1. The average Bonchev–Trinajstić information content (AvgIpc) is 2.84. The van der Waals surface area contributed by atoms with Gasteiger partial charge in [0.1, 0.15) is 23.3 Å². The second-order valence-corrected chi connectivity index (χ2v) is 7.80. The highest BCUT2D eigenvalue weighted by atomic mass is 35.5. The molecule has 0 saturated carbocycles. The van der Waals surface area contributed by atoms with Crippen molar-refractivity contribution < 1.29 is 9.59 Å². The topological polar surface area (TPSA) is 106 Å². The van der Waals surface area contributed by atoms with Gasteiger partial charge in [-0.1, -0.05) is 47.5 Å². The number of hydrogen-bond donors (Lipinski definition) is 2. The SMILES string of the molecule is N#C/C(=C\c1ccc(Cl)cc1)C(=O)Nc1ccc(NC(=O)/C(C#N)=C/c2ccc(Cl)cc2)cc1. The number of benzene rings is 3. The normalized spacial score (nSPS) is 11.2. The van der Waals surface area contributed by atoms with E-state index in [1.54, 1.807) is 72.8 Å². The fourth-order valence-corrected chi connectivity index (χ4v) is 3.03. The molecule has 3 aromatic rings. The second-order valence-electron chi connectivity index (χ2n) is 6.93. The number of rotatable bonds is 6. The first-order valence-corrected chi connectivity index (χ1v) is 10.6. The molecule has 0 aliphatic rings. The van der Waals surface area contributed by atoms with Gasteiger partial charge in [-0.2, -0.15) is 10.5 Å². The standard InChI is InChI=1S/C26H16Cl2N4O2/c27-21-5-1-17(2-6-21)13-19(15-29)25(33)31-23-9-11-24(12-10-23)32-26(34)20(16-30)14-18-3-7-22(28)8-4-18/h1-14H,(H,31,33)(H,32,34)/b19-13+,20-14+. The highest BCUT2D eigenvalue weighted by Gasteiger charge is 2.12. The van der Waals surface area contributed by atoms with Crippen molar-refractivity contribution in [2.45, 2.75) is 0 Å². The molecule has 2 amide bonds. The van der Waals surface area contributed by atoms with Gasteiger partial charge in [-0.15, -0.1) is 0 Å². The Labute approximate surface area is 206 Å². The Kier molecular flexibility index (Phi) is 8.21. The molecule has 0 fully saturated rings. The molecular formula is C26H16Cl2N4O2. The minimum atomic E-state index is -0.577. The van der Waals surface area contributed by atoms with Gasteiger partial charge in [0.2, 0.25) is 0 Å². The maximum absolute atomic E-state index is 12.5. The Morgan fingerprint density at radius 3 is 1.24 bits per heavy atom. The zero-order chi connectivity index (χ0) is 24.5. The van der Waals surface area contributed by atoms with Crippen molar-refractivity contribution in [1.82, 2.24) is 0 Å². The molecule has 34 heavy (non-hydrogen) atoms. The minimum Gasteiger partial charge on any atom is -0.321 e. The third-order valence-electron chi connectivity index (χ3n) is 4.49. The van der Waals surface area contributed by atoms with Crippen LogP contribution in [-0.4, -0.2) is 11.8 Å². The van der Waals surface area contributed by atoms with E-state index in [1.165, 1.54) is 12.2 Å². The van der Waals surface area contributed by atoms with Gasteiger partial charge in [-0.3, -0.25) is 9.59 Å². The van der Waals surface area contributed by atoms with E-state index in [-0.39, 0.29) is 11.1 Å². The molecular weight excluding hydrogens is 471 g/mol. The van der Waals surface area contributed by atoms with Crippen LogP contribution in [0.1, 0.15) is 11.1 Å². The van der Waals surface area contributed by atoms with Crippen LogP contribution in [0.5, 0.6) is 0 Å². The lowest BCUT2D eigenvalue weighted by Crippen LogP contribution is -2.15. The van der Waals surface area contributed by atoms with Crippen LogP contribution < -0.4 is 10.6 Å². The van der Waals surface area contributed by atoms with Gasteiger partial charge in [0.05, 0.1) is 0 Å². The van der Waals surface area contributed by atoms with Crippen molar-refractivity contribution in [3.05, 3.63) is 105 Å². The van der Waals surface area contributed by atoms with E-state index in [0.717, 1.165) is 0 Å². The molecule has 0 aliphatic carbocycles. The van der Waals surface area contributed by atoms with E-state index in [1.807, 2.05) is 12.1 Å². The lowest BCUT2D eigenvalue weighted by Gasteiger charge is -2.08. The summed E-state index contributed by atoms with van der Waals surface area (Å²) in [5.74, 6) is -1.15. The Hall–Kier alpha value is -4.36. The molecule has 0 radical (unpaired) electrons. The zero-order valence-electron chi connectivity index (χ0n) is 17.5. The Morgan fingerprint density at radius 2 is 0.941 bits per heavy atom. The molecule has 166 valence electrons. The largest absolute Gasteiger partial charge is 0.321 e. The van der Waals surface area contributed by atoms with Crippen molar-refractivity contribution in [1.29, 1.82) is 10.5 Å². The highest BCUT2D eigenvalue weighted by Crippen LogP contribution is 2.18. The molecule has 0 aromatic heterocycles. The smallest absolute Gasteiger partial charge is 0.266 e. The van der Waals surface area contributed by atoms with Gasteiger partial charge in [0.15, 0.2) is 0 Å². The number of anilines is 2. The number of hydrogen-bond acceptors (Lipinski definition) is 4. The van der Waals surface area contributed by atoms with Gasteiger partial charge in [-0.05, 0) is 71.8 Å². The molecule has 3 aromatic carbocycles. The number of carbonyl (C=O) groups excluding carboxylic acids is 2. The summed E-state index contributed by atoms with van der Waals surface area (Å²) in [6, 6.07) is 23.5. The van der Waals surface area contributed by atoms with E-state index in [9.17, 15) is 20.1 Å². The number of amides is 2. The quantitative estimate of drug-likeness (QED) is 0.324. The number of nitrogens with one attached hydrogen (secondary N) is 2. The first-order valence-electron chi connectivity index (χ1n) is 9.85. The van der Waals surface area contributed by atoms with Crippen LogP contribution >= 0.6 is 23.2 Å². The molecule has 0 unspecified atom stereocenters. The van der Waals surface area contributed by atoms with Crippen molar-refractivity contribution >= 4 is 58.5 Å². The van der Waals surface area contributed by atoms with E-state index >= 15 is 0 Å². The molecule has 0 spiro atoms. The monoisotopic (exact) mass is 486 g/mol. The molecule has 3 rings (SSSR count). The number of nitriles is 2. The van der Waals surface area contributed by atoms with Gasteiger partial charge in [0.25, 0.3) is 11.8 Å². The van der Waals surface area contributed by atoms with E-state index < -0.39 is 11.8 Å².